The van der Waals surface area contributed by atoms with E-state index in [4.69, 9.17) is 0 Å². The summed E-state index contributed by atoms with van der Waals surface area (Å²) in [6, 6.07) is 0.475. The van der Waals surface area contributed by atoms with Crippen LogP contribution in [-0.2, 0) is 4.74 Å². The lowest BCUT2D eigenvalue weighted by Gasteiger charge is -2.30. The second-order valence-corrected chi connectivity index (χ2v) is 5.12. The molecule has 1 saturated heterocycles. The molecule has 19 heavy (non-hydrogen) atoms. The smallest absolute Gasteiger partial charge is 0.371 e. The fraction of sp³-hybridized carbons (Fsp3) is 1.00. The number of halogens is 3. The molecule has 0 saturated carbocycles. The summed E-state index contributed by atoms with van der Waals surface area (Å²) in [5.41, 5.74) is 0. The largest absolute Gasteiger partial charge is 0.411 e. The molecule has 114 valence electrons. The van der Waals surface area contributed by atoms with Crippen molar-refractivity contribution in [3.8, 4) is 0 Å². The predicted molar refractivity (Wildman–Crippen MR) is 69.2 cm³/mol. The van der Waals surface area contributed by atoms with Gasteiger partial charge in [0.05, 0.1) is 6.61 Å². The van der Waals surface area contributed by atoms with Gasteiger partial charge in [0.15, 0.2) is 0 Å². The van der Waals surface area contributed by atoms with Gasteiger partial charge in [0.1, 0.15) is 6.61 Å². The number of nitrogens with one attached hydrogen (secondary N) is 1. The van der Waals surface area contributed by atoms with Crippen molar-refractivity contribution in [3.05, 3.63) is 0 Å². The first-order chi connectivity index (χ1) is 9.01. The third kappa shape index (κ3) is 8.44. The number of piperidine rings is 1. The average Bonchev–Trinajstić information content (AvgIpc) is 2.35. The Morgan fingerprint density at radius 1 is 1.26 bits per heavy atom. The maximum atomic E-state index is 12.0. The van der Waals surface area contributed by atoms with Gasteiger partial charge in [-0.25, -0.2) is 0 Å². The van der Waals surface area contributed by atoms with E-state index < -0.39 is 12.8 Å². The second-order valence-electron chi connectivity index (χ2n) is 5.12. The third-order valence-electron chi connectivity index (χ3n) is 3.25. The highest BCUT2D eigenvalue weighted by Gasteiger charge is 2.27. The molecule has 0 aromatic carbocycles. The molecule has 1 rings (SSSR count). The Hall–Kier alpha value is -0.330. The molecule has 1 aliphatic rings. The zero-order valence-electron chi connectivity index (χ0n) is 11.6. The topological polar surface area (TPSA) is 24.5 Å². The van der Waals surface area contributed by atoms with Gasteiger partial charge in [-0.1, -0.05) is 13.3 Å². The van der Waals surface area contributed by atoms with Gasteiger partial charge in [-0.2, -0.15) is 13.2 Å². The molecular weight excluding hydrogens is 257 g/mol. The lowest BCUT2D eigenvalue weighted by atomic mass is 10.0. The van der Waals surface area contributed by atoms with Crippen LogP contribution in [0.5, 0.6) is 0 Å². The average molecular weight is 282 g/mol. The van der Waals surface area contributed by atoms with E-state index in [0.29, 0.717) is 12.6 Å². The van der Waals surface area contributed by atoms with Crippen molar-refractivity contribution in [2.75, 3.05) is 39.4 Å². The lowest BCUT2D eigenvalue weighted by molar-refractivity contribution is -0.174. The monoisotopic (exact) mass is 282 g/mol. The minimum Gasteiger partial charge on any atom is -0.371 e. The summed E-state index contributed by atoms with van der Waals surface area (Å²) in [4.78, 5) is 2.19. The summed E-state index contributed by atoms with van der Waals surface area (Å²) in [5, 5.41) is 3.46. The highest BCUT2D eigenvalue weighted by molar-refractivity contribution is 4.76. The number of ether oxygens (including phenoxy) is 1. The zero-order chi connectivity index (χ0) is 14.1. The summed E-state index contributed by atoms with van der Waals surface area (Å²) >= 11 is 0. The summed E-state index contributed by atoms with van der Waals surface area (Å²) in [6.07, 6.45) is 0.400. The van der Waals surface area contributed by atoms with Crippen LogP contribution in [0.1, 0.15) is 32.6 Å². The van der Waals surface area contributed by atoms with Crippen molar-refractivity contribution >= 4 is 0 Å². The molecular formula is C13H25F3N2O. The standard InChI is InChI=1S/C13H25F3N2O/c1-2-7-18(8-9-19-11-13(14,15)16)10-12-5-3-4-6-17-12/h12,17H,2-11H2,1H3. The molecule has 0 aromatic heterocycles. The van der Waals surface area contributed by atoms with Gasteiger partial charge < -0.3 is 10.1 Å². The molecule has 1 unspecified atom stereocenters. The van der Waals surface area contributed by atoms with E-state index in [9.17, 15) is 13.2 Å². The summed E-state index contributed by atoms with van der Waals surface area (Å²) in [5.74, 6) is 0. The molecule has 3 nitrogen and oxygen atoms in total. The Morgan fingerprint density at radius 3 is 2.63 bits per heavy atom. The first-order valence-corrected chi connectivity index (χ1v) is 7.11. The molecule has 0 radical (unpaired) electrons. The van der Waals surface area contributed by atoms with Crippen LogP contribution in [0.15, 0.2) is 0 Å². The highest BCUT2D eigenvalue weighted by atomic mass is 19.4. The van der Waals surface area contributed by atoms with Crippen LogP contribution < -0.4 is 5.32 Å². The van der Waals surface area contributed by atoms with E-state index in [2.05, 4.69) is 21.9 Å². The van der Waals surface area contributed by atoms with Crippen LogP contribution in [0.4, 0.5) is 13.2 Å². The Balaban J connectivity index is 2.19. The Morgan fingerprint density at radius 2 is 2.05 bits per heavy atom. The fourth-order valence-electron chi connectivity index (χ4n) is 2.38. The minimum absolute atomic E-state index is 0.145. The van der Waals surface area contributed by atoms with E-state index in [1.54, 1.807) is 0 Å². The molecule has 0 aromatic rings. The van der Waals surface area contributed by atoms with Crippen LogP contribution in [-0.4, -0.2) is 56.5 Å². The van der Waals surface area contributed by atoms with Crippen molar-refractivity contribution in [1.29, 1.82) is 0 Å². The normalized spacial score (nSPS) is 21.0. The van der Waals surface area contributed by atoms with Crippen LogP contribution in [0.25, 0.3) is 0 Å². The van der Waals surface area contributed by atoms with Gasteiger partial charge in [0.2, 0.25) is 0 Å². The first kappa shape index (κ1) is 16.7. The van der Waals surface area contributed by atoms with E-state index in [-0.39, 0.29) is 6.61 Å². The molecule has 1 aliphatic heterocycles. The highest BCUT2D eigenvalue weighted by Crippen LogP contribution is 2.14. The van der Waals surface area contributed by atoms with Crippen molar-refractivity contribution in [1.82, 2.24) is 10.2 Å². The molecule has 6 heteroatoms. The van der Waals surface area contributed by atoms with E-state index in [1.165, 1.54) is 12.8 Å². The first-order valence-electron chi connectivity index (χ1n) is 7.11. The van der Waals surface area contributed by atoms with Gasteiger partial charge in [0, 0.05) is 19.1 Å². The minimum atomic E-state index is -4.22. The van der Waals surface area contributed by atoms with Crippen molar-refractivity contribution in [2.24, 2.45) is 0 Å². The molecule has 0 aliphatic carbocycles. The molecule has 0 bridgehead atoms. The van der Waals surface area contributed by atoms with Crippen molar-refractivity contribution < 1.29 is 17.9 Å². The van der Waals surface area contributed by atoms with Gasteiger partial charge in [-0.15, -0.1) is 0 Å². The maximum Gasteiger partial charge on any atom is 0.411 e. The summed E-state index contributed by atoms with van der Waals surface area (Å²) in [6.45, 7) is 4.52. The number of hydrogen-bond donors (Lipinski definition) is 1. The van der Waals surface area contributed by atoms with E-state index >= 15 is 0 Å². The van der Waals surface area contributed by atoms with Gasteiger partial charge in [0.25, 0.3) is 0 Å². The van der Waals surface area contributed by atoms with Crippen molar-refractivity contribution in [3.63, 3.8) is 0 Å². The molecule has 0 spiro atoms. The van der Waals surface area contributed by atoms with Gasteiger partial charge in [-0.3, -0.25) is 4.90 Å². The molecule has 1 heterocycles. The fourth-order valence-corrected chi connectivity index (χ4v) is 2.38. The van der Waals surface area contributed by atoms with Gasteiger partial charge >= 0.3 is 6.18 Å². The zero-order valence-corrected chi connectivity index (χ0v) is 11.6. The predicted octanol–water partition coefficient (Wildman–Crippen LogP) is 2.42. The molecule has 1 atom stereocenters. The summed E-state index contributed by atoms with van der Waals surface area (Å²) in [7, 11) is 0. The summed E-state index contributed by atoms with van der Waals surface area (Å²) < 4.78 is 40.5. The van der Waals surface area contributed by atoms with Crippen LogP contribution in [0.2, 0.25) is 0 Å². The Labute approximate surface area is 113 Å². The molecule has 1 fully saturated rings. The lowest BCUT2D eigenvalue weighted by Crippen LogP contribution is -2.44. The molecule has 0 amide bonds. The molecule has 1 N–H and O–H groups in total. The third-order valence-corrected chi connectivity index (χ3v) is 3.25. The van der Waals surface area contributed by atoms with E-state index in [0.717, 1.165) is 32.5 Å². The second kappa shape index (κ2) is 8.76. The maximum absolute atomic E-state index is 12.0. The quantitative estimate of drug-likeness (QED) is 0.692. The van der Waals surface area contributed by atoms with Crippen molar-refractivity contribution in [2.45, 2.75) is 44.8 Å². The van der Waals surface area contributed by atoms with Gasteiger partial charge in [-0.05, 0) is 32.4 Å². The Bertz CT molecular complexity index is 230. The van der Waals surface area contributed by atoms with Crippen LogP contribution in [0, 0.1) is 0 Å². The Kier molecular flexibility index (Phi) is 7.71. The van der Waals surface area contributed by atoms with Crippen LogP contribution >= 0.6 is 0 Å². The van der Waals surface area contributed by atoms with Crippen LogP contribution in [0.3, 0.4) is 0 Å². The SMILES string of the molecule is CCCN(CCOCC(F)(F)F)CC1CCCCN1. The number of nitrogens with zero attached hydrogens (tertiary/aromatic N) is 1. The number of hydrogen-bond acceptors (Lipinski definition) is 3. The number of rotatable bonds is 8. The van der Waals surface area contributed by atoms with E-state index in [1.807, 2.05) is 0 Å². The number of alkyl halides is 3.